The van der Waals surface area contributed by atoms with Crippen molar-refractivity contribution < 1.29 is 9.18 Å². The number of hydrogen-bond donors (Lipinski definition) is 1. The monoisotopic (exact) mass is 319 g/mol. The van der Waals surface area contributed by atoms with Crippen molar-refractivity contribution in [2.45, 2.75) is 6.92 Å². The number of nitrogens with one attached hydrogen (secondary N) is 1. The minimum Gasteiger partial charge on any atom is -0.353 e. The molecule has 0 saturated carbocycles. The van der Waals surface area contributed by atoms with Crippen LogP contribution in [0.2, 0.25) is 0 Å². The van der Waals surface area contributed by atoms with Crippen LogP contribution >= 0.6 is 22.6 Å². The molecule has 0 aliphatic carbocycles. The van der Waals surface area contributed by atoms with Gasteiger partial charge in [0, 0.05) is 22.6 Å². The van der Waals surface area contributed by atoms with Crippen LogP contribution in [0.15, 0.2) is 24.3 Å². The fraction of sp³-hybridized carbons (Fsp3) is 0.182. The molecule has 80 valence electrons. The Bertz CT molecular complexity index is 370. The van der Waals surface area contributed by atoms with Gasteiger partial charge in [-0.25, -0.2) is 4.39 Å². The number of hydrogen-bond acceptors (Lipinski definition) is 1. The second kappa shape index (κ2) is 5.85. The Morgan fingerprint density at radius 1 is 1.60 bits per heavy atom. The van der Waals surface area contributed by atoms with Crippen molar-refractivity contribution in [3.05, 3.63) is 39.2 Å². The van der Waals surface area contributed by atoms with Crippen LogP contribution in [-0.4, -0.2) is 12.5 Å². The molecule has 0 saturated heterocycles. The van der Waals surface area contributed by atoms with E-state index in [1.807, 2.05) is 6.07 Å². The maximum Gasteiger partial charge on any atom is 0.217 e. The number of halogens is 2. The molecule has 0 aliphatic rings. The van der Waals surface area contributed by atoms with Gasteiger partial charge in [0.2, 0.25) is 5.91 Å². The molecule has 0 heterocycles. The highest BCUT2D eigenvalue weighted by atomic mass is 127. The van der Waals surface area contributed by atoms with E-state index in [1.54, 1.807) is 18.2 Å². The van der Waals surface area contributed by atoms with Gasteiger partial charge in [-0.2, -0.15) is 0 Å². The van der Waals surface area contributed by atoms with E-state index in [4.69, 9.17) is 0 Å². The van der Waals surface area contributed by atoms with Crippen LogP contribution in [0, 0.1) is 9.39 Å². The lowest BCUT2D eigenvalue weighted by atomic mass is 10.2. The molecule has 1 aromatic rings. The summed E-state index contributed by atoms with van der Waals surface area (Å²) in [5, 5.41) is 2.60. The lowest BCUT2D eigenvalue weighted by molar-refractivity contribution is -0.118. The highest BCUT2D eigenvalue weighted by Gasteiger charge is 2.01. The van der Waals surface area contributed by atoms with Gasteiger partial charge in [-0.1, -0.05) is 18.2 Å². The fourth-order valence-electron chi connectivity index (χ4n) is 1.05. The zero-order valence-electron chi connectivity index (χ0n) is 8.26. The molecule has 1 rings (SSSR count). The SMILES string of the molecule is CC(=O)NCC=Cc1c(F)cccc1I. The van der Waals surface area contributed by atoms with E-state index in [-0.39, 0.29) is 11.7 Å². The van der Waals surface area contributed by atoms with E-state index in [2.05, 4.69) is 27.9 Å². The average molecular weight is 319 g/mol. The highest BCUT2D eigenvalue weighted by Crippen LogP contribution is 2.16. The Balaban J connectivity index is 2.67. The van der Waals surface area contributed by atoms with E-state index < -0.39 is 0 Å². The molecule has 2 nitrogen and oxygen atoms in total. The van der Waals surface area contributed by atoms with Crippen LogP contribution in [0.5, 0.6) is 0 Å². The molecule has 0 unspecified atom stereocenters. The quantitative estimate of drug-likeness (QED) is 0.853. The van der Waals surface area contributed by atoms with Crippen LogP contribution in [0.1, 0.15) is 12.5 Å². The molecule has 4 heteroatoms. The number of carbonyl (C=O) groups excluding carboxylic acids is 1. The Hall–Kier alpha value is -0.910. The first-order valence-corrected chi connectivity index (χ1v) is 5.54. The average Bonchev–Trinajstić information content (AvgIpc) is 2.15. The van der Waals surface area contributed by atoms with Crippen molar-refractivity contribution >= 4 is 34.6 Å². The third-order valence-corrected chi connectivity index (χ3v) is 2.69. The fourth-order valence-corrected chi connectivity index (χ4v) is 1.69. The molecule has 0 radical (unpaired) electrons. The number of rotatable bonds is 3. The Kier molecular flexibility index (Phi) is 4.74. The van der Waals surface area contributed by atoms with Crippen LogP contribution in [-0.2, 0) is 4.79 Å². The van der Waals surface area contributed by atoms with Gasteiger partial charge in [0.05, 0.1) is 0 Å². The molecule has 0 fully saturated rings. The van der Waals surface area contributed by atoms with E-state index in [0.717, 1.165) is 3.57 Å². The second-order valence-electron chi connectivity index (χ2n) is 2.97. The Morgan fingerprint density at radius 3 is 2.93 bits per heavy atom. The predicted octanol–water partition coefficient (Wildman–Crippen LogP) is 2.58. The molecule has 1 aromatic carbocycles. The summed E-state index contributed by atoms with van der Waals surface area (Å²) in [5.74, 6) is -0.344. The minimum absolute atomic E-state index is 0.0946. The van der Waals surface area contributed by atoms with Gasteiger partial charge in [-0.05, 0) is 34.7 Å². The van der Waals surface area contributed by atoms with Gasteiger partial charge >= 0.3 is 0 Å². The van der Waals surface area contributed by atoms with Crippen molar-refractivity contribution in [1.29, 1.82) is 0 Å². The van der Waals surface area contributed by atoms with E-state index >= 15 is 0 Å². The summed E-state index contributed by atoms with van der Waals surface area (Å²) in [6.07, 6.45) is 3.40. The zero-order valence-corrected chi connectivity index (χ0v) is 10.4. The molecule has 0 aliphatic heterocycles. The van der Waals surface area contributed by atoms with Crippen molar-refractivity contribution in [2.24, 2.45) is 0 Å². The number of amides is 1. The summed E-state index contributed by atoms with van der Waals surface area (Å²) in [6, 6.07) is 4.92. The summed E-state index contributed by atoms with van der Waals surface area (Å²) < 4.78 is 14.1. The van der Waals surface area contributed by atoms with Crippen LogP contribution in [0.25, 0.3) is 6.08 Å². The minimum atomic E-state index is -0.249. The molecule has 0 spiro atoms. The van der Waals surface area contributed by atoms with E-state index in [0.29, 0.717) is 12.1 Å². The summed E-state index contributed by atoms with van der Waals surface area (Å²) in [7, 11) is 0. The summed E-state index contributed by atoms with van der Waals surface area (Å²) >= 11 is 2.07. The molecule has 1 N–H and O–H groups in total. The summed E-state index contributed by atoms with van der Waals surface area (Å²) in [5.41, 5.74) is 0.559. The standard InChI is InChI=1S/C11H11FINO/c1-8(15)14-7-3-4-9-10(12)5-2-6-11(9)13/h2-6H,7H2,1H3,(H,14,15). The first-order valence-electron chi connectivity index (χ1n) is 4.46. The smallest absolute Gasteiger partial charge is 0.217 e. The molecule has 15 heavy (non-hydrogen) atoms. The second-order valence-corrected chi connectivity index (χ2v) is 4.14. The molecular formula is C11H11FINO. The predicted molar refractivity (Wildman–Crippen MR) is 66.8 cm³/mol. The first kappa shape index (κ1) is 12.2. The van der Waals surface area contributed by atoms with Gasteiger partial charge in [-0.3, -0.25) is 4.79 Å². The van der Waals surface area contributed by atoms with Gasteiger partial charge < -0.3 is 5.32 Å². The largest absolute Gasteiger partial charge is 0.353 e. The zero-order chi connectivity index (χ0) is 11.3. The number of carbonyl (C=O) groups is 1. The number of benzene rings is 1. The van der Waals surface area contributed by atoms with Crippen molar-refractivity contribution in [3.63, 3.8) is 0 Å². The molecule has 0 bridgehead atoms. The lowest BCUT2D eigenvalue weighted by Crippen LogP contribution is -2.19. The van der Waals surface area contributed by atoms with Crippen molar-refractivity contribution in [1.82, 2.24) is 5.32 Å². The summed E-state index contributed by atoms with van der Waals surface area (Å²) in [4.78, 5) is 10.6. The van der Waals surface area contributed by atoms with E-state index in [1.165, 1.54) is 13.0 Å². The highest BCUT2D eigenvalue weighted by molar-refractivity contribution is 14.1. The van der Waals surface area contributed by atoms with Crippen molar-refractivity contribution in [3.8, 4) is 0 Å². The van der Waals surface area contributed by atoms with Crippen molar-refractivity contribution in [2.75, 3.05) is 6.54 Å². The third-order valence-electron chi connectivity index (χ3n) is 1.75. The normalized spacial score (nSPS) is 10.6. The molecule has 1 amide bonds. The maximum atomic E-state index is 13.3. The summed E-state index contributed by atoms with van der Waals surface area (Å²) in [6.45, 7) is 1.86. The van der Waals surface area contributed by atoms with Crippen LogP contribution in [0.3, 0.4) is 0 Å². The third kappa shape index (κ3) is 3.99. The topological polar surface area (TPSA) is 29.1 Å². The van der Waals surface area contributed by atoms with Crippen LogP contribution < -0.4 is 5.32 Å². The maximum absolute atomic E-state index is 13.3. The molecule has 0 aromatic heterocycles. The molecular weight excluding hydrogens is 308 g/mol. The van der Waals surface area contributed by atoms with Gasteiger partial charge in [-0.15, -0.1) is 0 Å². The molecule has 0 atom stereocenters. The first-order chi connectivity index (χ1) is 7.11. The Labute approximate surface area is 102 Å². The van der Waals surface area contributed by atoms with Gasteiger partial charge in [0.25, 0.3) is 0 Å². The van der Waals surface area contributed by atoms with Crippen LogP contribution in [0.4, 0.5) is 4.39 Å². The van der Waals surface area contributed by atoms with Gasteiger partial charge in [0.15, 0.2) is 0 Å². The lowest BCUT2D eigenvalue weighted by Gasteiger charge is -2.00. The Morgan fingerprint density at radius 2 is 2.33 bits per heavy atom. The van der Waals surface area contributed by atoms with E-state index in [9.17, 15) is 9.18 Å². The van der Waals surface area contributed by atoms with Gasteiger partial charge in [0.1, 0.15) is 5.82 Å².